The number of hydrogen-bond donors (Lipinski definition) is 2. The number of rotatable bonds is 8. The van der Waals surface area contributed by atoms with Crippen LogP contribution in [-0.4, -0.2) is 26.0 Å². The lowest BCUT2D eigenvalue weighted by molar-refractivity contribution is -0.116. The van der Waals surface area contributed by atoms with Gasteiger partial charge in [0.1, 0.15) is 5.00 Å². The number of carbonyl (C=O) groups excluding carboxylic acids is 2. The molecule has 0 saturated heterocycles. The van der Waals surface area contributed by atoms with E-state index in [-0.39, 0.29) is 12.3 Å². The standard InChI is InChI=1S/C23H24N2O4S/c1-14-19(15-8-5-4-6-9-15)20(22(24)27)23(30-14)25-18(26)13-12-16-10-7-11-17(28-2)21(16)29-3/h4-11H,12-13H2,1-3H3,(H2,24,27)(H,25,26). The highest BCUT2D eigenvalue weighted by atomic mass is 32.1. The first kappa shape index (κ1) is 21.4. The molecule has 3 aromatic rings. The number of thiophene rings is 1. The predicted octanol–water partition coefficient (Wildman–Crippen LogP) is 4.41. The van der Waals surface area contributed by atoms with E-state index in [0.29, 0.717) is 28.5 Å². The van der Waals surface area contributed by atoms with Gasteiger partial charge in [-0.15, -0.1) is 11.3 Å². The van der Waals surface area contributed by atoms with E-state index in [1.807, 2.05) is 49.4 Å². The van der Waals surface area contributed by atoms with Crippen LogP contribution in [0.3, 0.4) is 0 Å². The average Bonchev–Trinajstić information content (AvgIpc) is 3.08. The van der Waals surface area contributed by atoms with Crippen molar-refractivity contribution < 1.29 is 19.1 Å². The van der Waals surface area contributed by atoms with Crippen LogP contribution in [0.4, 0.5) is 5.00 Å². The number of benzene rings is 2. The monoisotopic (exact) mass is 424 g/mol. The van der Waals surface area contributed by atoms with Crippen molar-refractivity contribution in [2.45, 2.75) is 19.8 Å². The fraction of sp³-hybridized carbons (Fsp3) is 0.217. The zero-order valence-electron chi connectivity index (χ0n) is 17.2. The molecule has 0 bridgehead atoms. The molecule has 3 rings (SSSR count). The van der Waals surface area contributed by atoms with Gasteiger partial charge in [0.2, 0.25) is 5.91 Å². The largest absolute Gasteiger partial charge is 0.493 e. The van der Waals surface area contributed by atoms with Gasteiger partial charge in [-0.2, -0.15) is 0 Å². The summed E-state index contributed by atoms with van der Waals surface area (Å²) in [5.74, 6) is 0.461. The van der Waals surface area contributed by atoms with Crippen LogP contribution in [0, 0.1) is 6.92 Å². The lowest BCUT2D eigenvalue weighted by atomic mass is 10.0. The van der Waals surface area contributed by atoms with Crippen LogP contribution < -0.4 is 20.5 Å². The summed E-state index contributed by atoms with van der Waals surface area (Å²) in [5, 5.41) is 3.34. The van der Waals surface area contributed by atoms with Crippen LogP contribution in [0.2, 0.25) is 0 Å². The fourth-order valence-electron chi connectivity index (χ4n) is 3.41. The normalized spacial score (nSPS) is 10.5. The molecule has 6 nitrogen and oxygen atoms in total. The van der Waals surface area contributed by atoms with Crippen molar-refractivity contribution in [3.8, 4) is 22.6 Å². The molecule has 0 atom stereocenters. The van der Waals surface area contributed by atoms with Crippen molar-refractivity contribution in [1.82, 2.24) is 0 Å². The maximum absolute atomic E-state index is 12.6. The molecule has 2 amide bonds. The number of anilines is 1. The number of amides is 2. The third kappa shape index (κ3) is 4.46. The van der Waals surface area contributed by atoms with Gasteiger partial charge in [-0.3, -0.25) is 9.59 Å². The molecule has 3 N–H and O–H groups in total. The summed E-state index contributed by atoms with van der Waals surface area (Å²) in [6.07, 6.45) is 0.688. The molecule has 0 saturated carbocycles. The van der Waals surface area contributed by atoms with Crippen molar-refractivity contribution in [2.75, 3.05) is 19.5 Å². The van der Waals surface area contributed by atoms with Crippen molar-refractivity contribution in [1.29, 1.82) is 0 Å². The predicted molar refractivity (Wildman–Crippen MR) is 120 cm³/mol. The molecule has 30 heavy (non-hydrogen) atoms. The Bertz CT molecular complexity index is 1060. The van der Waals surface area contributed by atoms with Crippen molar-refractivity contribution in [3.63, 3.8) is 0 Å². The van der Waals surface area contributed by atoms with Gasteiger partial charge in [-0.1, -0.05) is 42.5 Å². The Morgan fingerprint density at radius 3 is 2.40 bits per heavy atom. The molecule has 2 aromatic carbocycles. The summed E-state index contributed by atoms with van der Waals surface area (Å²) in [4.78, 5) is 25.8. The molecular weight excluding hydrogens is 400 g/mol. The van der Waals surface area contributed by atoms with E-state index in [4.69, 9.17) is 15.2 Å². The minimum Gasteiger partial charge on any atom is -0.493 e. The summed E-state index contributed by atoms with van der Waals surface area (Å²) in [6, 6.07) is 15.1. The highest BCUT2D eigenvalue weighted by Crippen LogP contribution is 2.39. The van der Waals surface area contributed by atoms with E-state index in [2.05, 4.69) is 5.32 Å². The third-order valence-electron chi connectivity index (χ3n) is 4.75. The van der Waals surface area contributed by atoms with E-state index in [0.717, 1.165) is 21.6 Å². The van der Waals surface area contributed by atoms with E-state index in [1.165, 1.54) is 11.3 Å². The van der Waals surface area contributed by atoms with Crippen LogP contribution >= 0.6 is 11.3 Å². The minimum absolute atomic E-state index is 0.205. The smallest absolute Gasteiger partial charge is 0.252 e. The van der Waals surface area contributed by atoms with Gasteiger partial charge >= 0.3 is 0 Å². The van der Waals surface area contributed by atoms with Crippen molar-refractivity contribution in [3.05, 3.63) is 64.5 Å². The molecule has 0 fully saturated rings. The van der Waals surface area contributed by atoms with Gasteiger partial charge < -0.3 is 20.5 Å². The molecule has 156 valence electrons. The Balaban J connectivity index is 1.80. The number of primary amides is 1. The number of methoxy groups -OCH3 is 2. The number of aryl methyl sites for hydroxylation is 2. The topological polar surface area (TPSA) is 90.6 Å². The second kappa shape index (κ2) is 9.45. The molecule has 0 spiro atoms. The van der Waals surface area contributed by atoms with Crippen LogP contribution in [0.5, 0.6) is 11.5 Å². The third-order valence-corrected chi connectivity index (χ3v) is 5.77. The van der Waals surface area contributed by atoms with Gasteiger partial charge in [0, 0.05) is 16.9 Å². The number of para-hydroxylation sites is 1. The Morgan fingerprint density at radius 1 is 1.03 bits per heavy atom. The number of ether oxygens (including phenoxy) is 2. The van der Waals surface area contributed by atoms with Crippen LogP contribution in [0.15, 0.2) is 48.5 Å². The second-order valence-corrected chi connectivity index (χ2v) is 7.89. The zero-order valence-corrected chi connectivity index (χ0v) is 18.0. The first-order valence-electron chi connectivity index (χ1n) is 9.44. The maximum atomic E-state index is 12.6. The number of nitrogens with two attached hydrogens (primary N) is 1. The van der Waals surface area contributed by atoms with E-state index < -0.39 is 5.91 Å². The Hall–Kier alpha value is -3.32. The average molecular weight is 425 g/mol. The van der Waals surface area contributed by atoms with Crippen LogP contribution in [0.25, 0.3) is 11.1 Å². The lowest BCUT2D eigenvalue weighted by Crippen LogP contribution is -2.17. The minimum atomic E-state index is -0.567. The molecule has 1 heterocycles. The fourth-order valence-corrected chi connectivity index (χ4v) is 4.51. The summed E-state index contributed by atoms with van der Waals surface area (Å²) < 4.78 is 10.7. The summed E-state index contributed by atoms with van der Waals surface area (Å²) in [5.41, 5.74) is 8.53. The number of hydrogen-bond acceptors (Lipinski definition) is 5. The first-order chi connectivity index (χ1) is 14.5. The quantitative estimate of drug-likeness (QED) is 0.560. The molecule has 0 aliphatic carbocycles. The second-order valence-electron chi connectivity index (χ2n) is 6.67. The van der Waals surface area contributed by atoms with Gasteiger partial charge in [0.05, 0.1) is 19.8 Å². The summed E-state index contributed by atoms with van der Waals surface area (Å²) in [6.45, 7) is 1.91. The Morgan fingerprint density at radius 2 is 1.77 bits per heavy atom. The highest BCUT2D eigenvalue weighted by Gasteiger charge is 2.22. The molecular formula is C23H24N2O4S. The van der Waals surface area contributed by atoms with E-state index >= 15 is 0 Å². The van der Waals surface area contributed by atoms with E-state index in [9.17, 15) is 9.59 Å². The highest BCUT2D eigenvalue weighted by molar-refractivity contribution is 7.17. The Labute approximate surface area is 179 Å². The van der Waals surface area contributed by atoms with Crippen molar-refractivity contribution >= 4 is 28.2 Å². The first-order valence-corrected chi connectivity index (χ1v) is 10.3. The van der Waals surface area contributed by atoms with Gasteiger partial charge in [-0.05, 0) is 30.5 Å². The Kier molecular flexibility index (Phi) is 6.74. The van der Waals surface area contributed by atoms with Gasteiger partial charge in [0.15, 0.2) is 11.5 Å². The van der Waals surface area contributed by atoms with Gasteiger partial charge in [-0.25, -0.2) is 0 Å². The summed E-state index contributed by atoms with van der Waals surface area (Å²) >= 11 is 1.35. The zero-order chi connectivity index (χ0) is 21.7. The van der Waals surface area contributed by atoms with E-state index in [1.54, 1.807) is 20.3 Å². The maximum Gasteiger partial charge on any atom is 0.252 e. The SMILES string of the molecule is COc1cccc(CCC(=O)Nc2sc(C)c(-c3ccccc3)c2C(N)=O)c1OC. The molecule has 0 unspecified atom stereocenters. The van der Waals surface area contributed by atoms with Crippen molar-refractivity contribution in [2.24, 2.45) is 5.73 Å². The molecule has 7 heteroatoms. The van der Waals surface area contributed by atoms with Gasteiger partial charge in [0.25, 0.3) is 5.91 Å². The van der Waals surface area contributed by atoms with Crippen LogP contribution in [-0.2, 0) is 11.2 Å². The molecule has 0 aliphatic heterocycles. The summed E-state index contributed by atoms with van der Waals surface area (Å²) in [7, 11) is 3.14. The molecule has 1 aromatic heterocycles. The lowest BCUT2D eigenvalue weighted by Gasteiger charge is -2.12. The van der Waals surface area contributed by atoms with Crippen LogP contribution in [0.1, 0.15) is 27.2 Å². The number of carbonyl (C=O) groups is 2. The molecule has 0 aliphatic rings. The number of nitrogens with one attached hydrogen (secondary N) is 1. The molecule has 0 radical (unpaired) electrons.